The van der Waals surface area contributed by atoms with Gasteiger partial charge in [0.15, 0.2) is 5.82 Å². The Labute approximate surface area is 156 Å². The summed E-state index contributed by atoms with van der Waals surface area (Å²) in [4.78, 5) is 21.9. The summed E-state index contributed by atoms with van der Waals surface area (Å²) in [7, 11) is 0. The lowest BCUT2D eigenvalue weighted by molar-refractivity contribution is 0.0995. The van der Waals surface area contributed by atoms with E-state index in [0.717, 1.165) is 43.2 Å². The van der Waals surface area contributed by atoms with Crippen molar-refractivity contribution in [1.29, 1.82) is 0 Å². The fourth-order valence-corrected chi connectivity index (χ4v) is 3.31. The maximum absolute atomic E-state index is 11.2. The molecule has 4 rings (SSSR count). The summed E-state index contributed by atoms with van der Waals surface area (Å²) in [5.74, 6) is 2.22. The molecule has 3 aromatic heterocycles. The molecule has 0 spiro atoms. The first kappa shape index (κ1) is 17.2. The number of anilines is 1. The van der Waals surface area contributed by atoms with Gasteiger partial charge in [-0.05, 0) is 31.7 Å². The van der Waals surface area contributed by atoms with E-state index >= 15 is 0 Å². The van der Waals surface area contributed by atoms with Crippen molar-refractivity contribution in [3.8, 4) is 5.75 Å². The van der Waals surface area contributed by atoms with Gasteiger partial charge >= 0.3 is 0 Å². The van der Waals surface area contributed by atoms with Crippen LogP contribution in [-0.2, 0) is 0 Å². The lowest BCUT2D eigenvalue weighted by Crippen LogP contribution is -2.36. The van der Waals surface area contributed by atoms with Gasteiger partial charge in [-0.1, -0.05) is 0 Å². The zero-order chi connectivity index (χ0) is 18.8. The van der Waals surface area contributed by atoms with E-state index in [0.29, 0.717) is 18.3 Å². The molecule has 0 saturated carbocycles. The van der Waals surface area contributed by atoms with Crippen LogP contribution < -0.4 is 15.4 Å². The smallest absolute Gasteiger partial charge is 0.267 e. The van der Waals surface area contributed by atoms with Crippen molar-refractivity contribution in [2.45, 2.75) is 19.8 Å². The number of amides is 1. The number of aryl methyl sites for hydroxylation is 1. The molecule has 9 nitrogen and oxygen atoms in total. The summed E-state index contributed by atoms with van der Waals surface area (Å²) >= 11 is 0. The Hall–Kier alpha value is -3.23. The van der Waals surface area contributed by atoms with Crippen LogP contribution in [0.1, 0.15) is 29.2 Å². The van der Waals surface area contributed by atoms with Crippen LogP contribution in [0, 0.1) is 12.8 Å². The van der Waals surface area contributed by atoms with Gasteiger partial charge in [0.25, 0.3) is 5.91 Å². The zero-order valence-corrected chi connectivity index (χ0v) is 15.1. The summed E-state index contributed by atoms with van der Waals surface area (Å²) in [6.07, 6.45) is 7.18. The number of carbonyl (C=O) groups is 1. The van der Waals surface area contributed by atoms with Gasteiger partial charge in [-0.25, -0.2) is 4.98 Å². The van der Waals surface area contributed by atoms with Crippen molar-refractivity contribution in [3.63, 3.8) is 0 Å². The number of piperidine rings is 1. The molecule has 3 aromatic rings. The van der Waals surface area contributed by atoms with E-state index in [4.69, 9.17) is 10.5 Å². The molecule has 140 valence electrons. The Balaban J connectivity index is 1.36. The minimum Gasteiger partial charge on any atom is -0.493 e. The number of nitrogens with zero attached hydrogens (tertiary/aromatic N) is 6. The lowest BCUT2D eigenvalue weighted by atomic mass is 9.98. The predicted octanol–water partition coefficient (Wildman–Crippen LogP) is 1.22. The number of hydrogen-bond donors (Lipinski definition) is 1. The quantitative estimate of drug-likeness (QED) is 0.721. The number of carbonyl (C=O) groups excluding carboxylic acids is 1. The number of aromatic nitrogens is 5. The van der Waals surface area contributed by atoms with Crippen LogP contribution in [0.15, 0.2) is 30.7 Å². The van der Waals surface area contributed by atoms with Crippen LogP contribution in [0.2, 0.25) is 0 Å². The van der Waals surface area contributed by atoms with Crippen LogP contribution in [0.3, 0.4) is 0 Å². The second-order valence-electron chi connectivity index (χ2n) is 6.67. The molecule has 2 N–H and O–H groups in total. The molecule has 0 bridgehead atoms. The molecular weight excluding hydrogens is 346 g/mol. The Morgan fingerprint density at radius 2 is 2.07 bits per heavy atom. The van der Waals surface area contributed by atoms with Gasteiger partial charge in [-0.3, -0.25) is 14.2 Å². The molecule has 1 fully saturated rings. The van der Waals surface area contributed by atoms with Crippen LogP contribution in [0.4, 0.5) is 5.82 Å². The van der Waals surface area contributed by atoms with E-state index < -0.39 is 5.91 Å². The number of fused-ring (bicyclic) bond motifs is 1. The van der Waals surface area contributed by atoms with Crippen molar-refractivity contribution in [1.82, 2.24) is 24.6 Å². The maximum atomic E-state index is 11.2. The number of hydrogen-bond acceptors (Lipinski definition) is 7. The minimum absolute atomic E-state index is 0.213. The second-order valence-corrected chi connectivity index (χ2v) is 6.67. The lowest BCUT2D eigenvalue weighted by Gasteiger charge is -2.32. The zero-order valence-electron chi connectivity index (χ0n) is 15.1. The molecule has 1 aliphatic rings. The highest BCUT2D eigenvalue weighted by Gasteiger charge is 2.23. The third kappa shape index (κ3) is 3.53. The van der Waals surface area contributed by atoms with E-state index in [9.17, 15) is 4.79 Å². The number of ether oxygens (including phenoxy) is 1. The molecule has 0 radical (unpaired) electrons. The van der Waals surface area contributed by atoms with Gasteiger partial charge in [-0.2, -0.15) is 0 Å². The normalized spacial score (nSPS) is 15.2. The van der Waals surface area contributed by atoms with E-state index in [1.807, 2.05) is 17.5 Å². The van der Waals surface area contributed by atoms with Gasteiger partial charge in [0.2, 0.25) is 5.65 Å². The third-order valence-electron chi connectivity index (χ3n) is 4.86. The van der Waals surface area contributed by atoms with Crippen LogP contribution in [0.5, 0.6) is 5.75 Å². The number of nitrogens with two attached hydrogens (primary N) is 1. The fraction of sp³-hybridized carbons (Fsp3) is 0.389. The molecule has 1 saturated heterocycles. The van der Waals surface area contributed by atoms with Crippen molar-refractivity contribution >= 4 is 17.4 Å². The average Bonchev–Trinajstić information content (AvgIpc) is 3.08. The summed E-state index contributed by atoms with van der Waals surface area (Å²) in [5.41, 5.74) is 6.26. The van der Waals surface area contributed by atoms with Crippen molar-refractivity contribution in [2.75, 3.05) is 24.6 Å². The van der Waals surface area contributed by atoms with Crippen molar-refractivity contribution in [3.05, 3.63) is 42.2 Å². The van der Waals surface area contributed by atoms with Gasteiger partial charge in [0, 0.05) is 37.7 Å². The molecule has 1 aliphatic heterocycles. The SMILES string of the molecule is Cc1nnc2c(N3CCC(COc4ccnc(C(N)=O)c4)CC3)nccn12. The van der Waals surface area contributed by atoms with Crippen LogP contribution in [-0.4, -0.2) is 50.2 Å². The second kappa shape index (κ2) is 7.18. The van der Waals surface area contributed by atoms with E-state index in [-0.39, 0.29) is 5.69 Å². The molecule has 0 atom stereocenters. The van der Waals surface area contributed by atoms with E-state index in [2.05, 4.69) is 25.1 Å². The summed E-state index contributed by atoms with van der Waals surface area (Å²) in [6.45, 7) is 4.29. The molecule has 0 aliphatic carbocycles. The molecule has 0 aromatic carbocycles. The highest BCUT2D eigenvalue weighted by Crippen LogP contribution is 2.25. The third-order valence-corrected chi connectivity index (χ3v) is 4.86. The highest BCUT2D eigenvalue weighted by atomic mass is 16.5. The summed E-state index contributed by atoms with van der Waals surface area (Å²) < 4.78 is 7.80. The number of pyridine rings is 1. The molecular formula is C18H21N7O2. The monoisotopic (exact) mass is 367 g/mol. The average molecular weight is 367 g/mol. The van der Waals surface area contributed by atoms with E-state index in [1.165, 1.54) is 6.20 Å². The predicted molar refractivity (Wildman–Crippen MR) is 98.7 cm³/mol. The van der Waals surface area contributed by atoms with Crippen LogP contribution in [0.25, 0.3) is 5.65 Å². The van der Waals surface area contributed by atoms with Crippen molar-refractivity contribution < 1.29 is 9.53 Å². The first-order valence-electron chi connectivity index (χ1n) is 8.92. The standard InChI is InChI=1S/C18H21N7O2/c1-12-22-23-18-17(21-6-9-25(12)18)24-7-3-13(4-8-24)11-27-14-2-5-20-15(10-14)16(19)26/h2,5-6,9-10,13H,3-4,7-8,11H2,1H3,(H2,19,26). The van der Waals surface area contributed by atoms with Gasteiger partial charge in [0.05, 0.1) is 6.61 Å². The first-order valence-corrected chi connectivity index (χ1v) is 8.92. The van der Waals surface area contributed by atoms with Crippen molar-refractivity contribution in [2.24, 2.45) is 11.7 Å². The van der Waals surface area contributed by atoms with Gasteiger partial charge < -0.3 is 15.4 Å². The Kier molecular flexibility index (Phi) is 4.57. The first-order chi connectivity index (χ1) is 13.1. The molecule has 27 heavy (non-hydrogen) atoms. The van der Waals surface area contributed by atoms with Gasteiger partial charge in [0.1, 0.15) is 17.3 Å². The Bertz CT molecular complexity index is 963. The minimum atomic E-state index is -0.556. The van der Waals surface area contributed by atoms with Gasteiger partial charge in [-0.15, -0.1) is 10.2 Å². The molecule has 1 amide bonds. The summed E-state index contributed by atoms with van der Waals surface area (Å²) in [5, 5.41) is 8.39. The Morgan fingerprint density at radius 1 is 1.26 bits per heavy atom. The Morgan fingerprint density at radius 3 is 2.85 bits per heavy atom. The largest absolute Gasteiger partial charge is 0.493 e. The fourth-order valence-electron chi connectivity index (χ4n) is 3.31. The van der Waals surface area contributed by atoms with E-state index in [1.54, 1.807) is 18.3 Å². The topological polar surface area (TPSA) is 112 Å². The summed E-state index contributed by atoms with van der Waals surface area (Å²) in [6, 6.07) is 3.32. The molecule has 0 unspecified atom stereocenters. The maximum Gasteiger partial charge on any atom is 0.267 e. The highest BCUT2D eigenvalue weighted by molar-refractivity contribution is 5.91. The number of primary amides is 1. The molecule has 4 heterocycles. The van der Waals surface area contributed by atoms with Crippen LogP contribution >= 0.6 is 0 Å². The molecule has 9 heteroatoms. The number of rotatable bonds is 5.